The van der Waals surface area contributed by atoms with E-state index in [1.165, 1.54) is 71.0 Å². The summed E-state index contributed by atoms with van der Waals surface area (Å²) in [4.78, 5) is 5.62. The Kier molecular flexibility index (Phi) is 5.27. The highest BCUT2D eigenvalue weighted by molar-refractivity contribution is 4.92. The summed E-state index contributed by atoms with van der Waals surface area (Å²) < 4.78 is 0. The Bertz CT molecular complexity index is 306. The van der Waals surface area contributed by atoms with E-state index in [1.54, 1.807) is 0 Å². The molecule has 2 saturated carbocycles. The van der Waals surface area contributed by atoms with Crippen molar-refractivity contribution >= 4 is 0 Å². The smallest absolute Gasteiger partial charge is 0.0102 e. The van der Waals surface area contributed by atoms with E-state index < -0.39 is 0 Å². The topological polar surface area (TPSA) is 6.48 Å². The lowest BCUT2D eigenvalue weighted by Gasteiger charge is -2.41. The molecule has 3 rings (SSSR count). The van der Waals surface area contributed by atoms with Crippen molar-refractivity contribution in [3.8, 4) is 0 Å². The van der Waals surface area contributed by atoms with Crippen LogP contribution in [0.25, 0.3) is 0 Å². The highest BCUT2D eigenvalue weighted by atomic mass is 15.2. The first kappa shape index (κ1) is 15.8. The summed E-state index contributed by atoms with van der Waals surface area (Å²) in [7, 11) is 0. The van der Waals surface area contributed by atoms with Crippen LogP contribution >= 0.6 is 0 Å². The fourth-order valence-electron chi connectivity index (χ4n) is 4.75. The summed E-state index contributed by atoms with van der Waals surface area (Å²) >= 11 is 0. The Morgan fingerprint density at radius 3 is 1.86 bits per heavy atom. The molecule has 0 bridgehead atoms. The number of likely N-dealkylation sites (tertiary alicyclic amines) is 1. The Morgan fingerprint density at radius 1 is 0.857 bits per heavy atom. The number of nitrogens with zero attached hydrogens (tertiary/aromatic N) is 2. The molecule has 3 fully saturated rings. The highest BCUT2D eigenvalue weighted by Crippen LogP contribution is 2.37. The molecule has 0 amide bonds. The van der Waals surface area contributed by atoms with Gasteiger partial charge in [-0.25, -0.2) is 0 Å². The molecule has 0 aromatic heterocycles. The summed E-state index contributed by atoms with van der Waals surface area (Å²) in [5.74, 6) is 1.96. The van der Waals surface area contributed by atoms with Crippen molar-refractivity contribution in [3.05, 3.63) is 0 Å². The van der Waals surface area contributed by atoms with Crippen molar-refractivity contribution in [2.45, 2.75) is 90.3 Å². The average Bonchev–Trinajstić information content (AvgIpc) is 3.28. The number of rotatable bonds is 5. The van der Waals surface area contributed by atoms with Crippen LogP contribution in [0.15, 0.2) is 0 Å². The van der Waals surface area contributed by atoms with Crippen LogP contribution in [0.3, 0.4) is 0 Å². The normalized spacial score (nSPS) is 33.0. The largest absolute Gasteiger partial charge is 0.303 e. The van der Waals surface area contributed by atoms with Gasteiger partial charge < -0.3 is 4.90 Å². The lowest BCUT2D eigenvalue weighted by Crippen LogP contribution is -2.45. The number of hydrogen-bond donors (Lipinski definition) is 0. The van der Waals surface area contributed by atoms with Gasteiger partial charge in [0.1, 0.15) is 0 Å². The van der Waals surface area contributed by atoms with E-state index >= 15 is 0 Å². The summed E-state index contributed by atoms with van der Waals surface area (Å²) in [5, 5.41) is 0. The summed E-state index contributed by atoms with van der Waals surface area (Å²) in [5.41, 5.74) is 0. The monoisotopic (exact) mass is 292 g/mol. The molecule has 2 nitrogen and oxygen atoms in total. The zero-order valence-electron chi connectivity index (χ0n) is 14.6. The summed E-state index contributed by atoms with van der Waals surface area (Å²) in [6.45, 7) is 11.3. The predicted octanol–water partition coefficient (Wildman–Crippen LogP) is 4.15. The van der Waals surface area contributed by atoms with Crippen LogP contribution in [0.5, 0.6) is 0 Å². The fourth-order valence-corrected chi connectivity index (χ4v) is 4.75. The molecule has 1 heterocycles. The molecule has 21 heavy (non-hydrogen) atoms. The van der Waals surface area contributed by atoms with Crippen molar-refractivity contribution in [2.75, 3.05) is 19.6 Å². The van der Waals surface area contributed by atoms with Gasteiger partial charge in [-0.05, 0) is 90.1 Å². The standard InChI is InChI=1S/C19H36N2/c1-15(2)21(19-8-9-19)18-6-4-17(5-7-18)14-20-12-10-16(3)11-13-20/h15-19H,4-14H2,1-3H3. The second-order valence-electron chi connectivity index (χ2n) is 8.43. The Morgan fingerprint density at radius 2 is 1.38 bits per heavy atom. The fraction of sp³-hybridized carbons (Fsp3) is 1.00. The van der Waals surface area contributed by atoms with Crippen LogP contribution < -0.4 is 0 Å². The third-order valence-corrected chi connectivity index (χ3v) is 6.20. The Balaban J connectivity index is 1.42. The quantitative estimate of drug-likeness (QED) is 0.751. The first-order valence-electron chi connectivity index (χ1n) is 9.63. The molecule has 2 aliphatic carbocycles. The Labute approximate surface area is 132 Å². The number of hydrogen-bond acceptors (Lipinski definition) is 2. The van der Waals surface area contributed by atoms with E-state index in [0.717, 1.165) is 30.0 Å². The van der Waals surface area contributed by atoms with E-state index in [2.05, 4.69) is 30.6 Å². The van der Waals surface area contributed by atoms with Gasteiger partial charge in [0.2, 0.25) is 0 Å². The van der Waals surface area contributed by atoms with Gasteiger partial charge in [-0.3, -0.25) is 4.90 Å². The molecular weight excluding hydrogens is 256 g/mol. The molecule has 2 heteroatoms. The van der Waals surface area contributed by atoms with Gasteiger partial charge in [0.05, 0.1) is 0 Å². The first-order valence-corrected chi connectivity index (χ1v) is 9.63. The minimum absolute atomic E-state index is 0.752. The number of piperidine rings is 1. The van der Waals surface area contributed by atoms with Gasteiger partial charge in [0.25, 0.3) is 0 Å². The van der Waals surface area contributed by atoms with Crippen LogP contribution in [0, 0.1) is 11.8 Å². The molecule has 3 aliphatic rings. The summed E-state index contributed by atoms with van der Waals surface area (Å²) in [6, 6.07) is 2.59. The maximum Gasteiger partial charge on any atom is 0.0102 e. The molecule has 0 spiro atoms. The van der Waals surface area contributed by atoms with Crippen molar-refractivity contribution in [2.24, 2.45) is 11.8 Å². The van der Waals surface area contributed by atoms with Gasteiger partial charge in [-0.2, -0.15) is 0 Å². The van der Waals surface area contributed by atoms with Crippen LogP contribution in [0.4, 0.5) is 0 Å². The lowest BCUT2D eigenvalue weighted by molar-refractivity contribution is 0.0812. The first-order chi connectivity index (χ1) is 10.1. The van der Waals surface area contributed by atoms with E-state index in [0.29, 0.717) is 0 Å². The maximum atomic E-state index is 2.86. The minimum atomic E-state index is 0.752. The maximum absolute atomic E-state index is 2.86. The van der Waals surface area contributed by atoms with Crippen LogP contribution in [-0.4, -0.2) is 47.6 Å². The molecule has 122 valence electrons. The zero-order chi connectivity index (χ0) is 14.8. The lowest BCUT2D eigenvalue weighted by atomic mass is 9.84. The van der Waals surface area contributed by atoms with Gasteiger partial charge in [0, 0.05) is 24.7 Å². The van der Waals surface area contributed by atoms with Crippen molar-refractivity contribution in [1.82, 2.24) is 9.80 Å². The van der Waals surface area contributed by atoms with E-state index in [4.69, 9.17) is 0 Å². The van der Waals surface area contributed by atoms with Gasteiger partial charge >= 0.3 is 0 Å². The predicted molar refractivity (Wildman–Crippen MR) is 90.6 cm³/mol. The van der Waals surface area contributed by atoms with Gasteiger partial charge in [0.15, 0.2) is 0 Å². The molecule has 0 unspecified atom stereocenters. The van der Waals surface area contributed by atoms with Gasteiger partial charge in [-0.15, -0.1) is 0 Å². The van der Waals surface area contributed by atoms with E-state index in [9.17, 15) is 0 Å². The molecule has 0 atom stereocenters. The third kappa shape index (κ3) is 4.22. The Hall–Kier alpha value is -0.0800. The molecule has 0 aromatic rings. The molecule has 0 radical (unpaired) electrons. The molecule has 1 aliphatic heterocycles. The van der Waals surface area contributed by atoms with E-state index in [-0.39, 0.29) is 0 Å². The minimum Gasteiger partial charge on any atom is -0.303 e. The molecule has 0 N–H and O–H groups in total. The molecule has 1 saturated heterocycles. The van der Waals surface area contributed by atoms with Crippen LogP contribution in [0.2, 0.25) is 0 Å². The van der Waals surface area contributed by atoms with Crippen molar-refractivity contribution in [3.63, 3.8) is 0 Å². The molecule has 0 aromatic carbocycles. The van der Waals surface area contributed by atoms with Crippen molar-refractivity contribution in [1.29, 1.82) is 0 Å². The molecular formula is C19H36N2. The van der Waals surface area contributed by atoms with Crippen LogP contribution in [0.1, 0.15) is 72.1 Å². The van der Waals surface area contributed by atoms with Gasteiger partial charge in [-0.1, -0.05) is 6.92 Å². The SMILES string of the molecule is CC1CCN(CC2CCC(N(C(C)C)C3CC3)CC2)CC1. The van der Waals surface area contributed by atoms with E-state index in [1.807, 2.05) is 0 Å². The van der Waals surface area contributed by atoms with Crippen LogP contribution in [-0.2, 0) is 0 Å². The highest BCUT2D eigenvalue weighted by Gasteiger charge is 2.37. The zero-order valence-corrected chi connectivity index (χ0v) is 14.6. The second-order valence-corrected chi connectivity index (χ2v) is 8.43. The summed E-state index contributed by atoms with van der Waals surface area (Å²) in [6.07, 6.45) is 11.7. The third-order valence-electron chi connectivity index (χ3n) is 6.20. The second kappa shape index (κ2) is 7.00. The van der Waals surface area contributed by atoms with Crippen molar-refractivity contribution < 1.29 is 0 Å². The average molecular weight is 293 g/mol.